The van der Waals surface area contributed by atoms with Gasteiger partial charge >= 0.3 is 0 Å². The molecule has 0 aromatic heterocycles. The van der Waals surface area contributed by atoms with E-state index < -0.39 is 0 Å². The smallest absolute Gasteiger partial charge is 0.222 e. The van der Waals surface area contributed by atoms with Gasteiger partial charge in [-0.15, -0.1) is 0 Å². The highest BCUT2D eigenvalue weighted by Crippen LogP contribution is 2.12. The molecule has 0 spiro atoms. The summed E-state index contributed by atoms with van der Waals surface area (Å²) in [6.45, 7) is 3.31. The number of aliphatic hydroxyl groups excluding tert-OH is 1. The summed E-state index contributed by atoms with van der Waals surface area (Å²) in [6.07, 6.45) is 3.12. The zero-order valence-corrected chi connectivity index (χ0v) is 10.4. The minimum Gasteiger partial charge on any atom is -0.396 e. The molecule has 1 aliphatic heterocycles. The second-order valence-corrected chi connectivity index (χ2v) is 4.40. The van der Waals surface area contributed by atoms with Crippen LogP contribution in [0.1, 0.15) is 39.0 Å². The first-order valence-corrected chi connectivity index (χ1v) is 6.35. The Labute approximate surface area is 102 Å². The van der Waals surface area contributed by atoms with E-state index in [4.69, 9.17) is 5.11 Å². The second kappa shape index (κ2) is 7.27. The molecule has 1 fully saturated rings. The van der Waals surface area contributed by atoms with Crippen molar-refractivity contribution in [3.63, 3.8) is 0 Å². The molecular weight excluding hydrogens is 220 g/mol. The maximum Gasteiger partial charge on any atom is 0.222 e. The molecule has 0 atom stereocenters. The van der Waals surface area contributed by atoms with Crippen LogP contribution in [-0.4, -0.2) is 47.6 Å². The highest BCUT2D eigenvalue weighted by molar-refractivity contribution is 5.77. The van der Waals surface area contributed by atoms with Gasteiger partial charge in [0.25, 0.3) is 0 Å². The maximum atomic E-state index is 11.7. The van der Waals surface area contributed by atoms with Crippen LogP contribution in [0.2, 0.25) is 0 Å². The number of hydrogen-bond acceptors (Lipinski definition) is 3. The molecule has 5 nitrogen and oxygen atoms in total. The van der Waals surface area contributed by atoms with Crippen molar-refractivity contribution < 1.29 is 14.7 Å². The zero-order valence-electron chi connectivity index (χ0n) is 10.4. The summed E-state index contributed by atoms with van der Waals surface area (Å²) >= 11 is 0. The highest BCUT2D eigenvalue weighted by Gasteiger charge is 2.22. The van der Waals surface area contributed by atoms with Crippen molar-refractivity contribution in [3.8, 4) is 0 Å². The average molecular weight is 242 g/mol. The molecule has 0 saturated carbocycles. The number of nitrogens with zero attached hydrogens (tertiary/aromatic N) is 1. The van der Waals surface area contributed by atoms with Crippen molar-refractivity contribution in [1.29, 1.82) is 0 Å². The van der Waals surface area contributed by atoms with Gasteiger partial charge in [-0.05, 0) is 19.3 Å². The molecule has 17 heavy (non-hydrogen) atoms. The van der Waals surface area contributed by atoms with E-state index >= 15 is 0 Å². The van der Waals surface area contributed by atoms with Crippen molar-refractivity contribution in [3.05, 3.63) is 0 Å². The number of nitrogens with one attached hydrogen (secondary N) is 1. The Kier molecular flexibility index (Phi) is 5.97. The number of amides is 2. The molecule has 2 N–H and O–H groups in total. The monoisotopic (exact) mass is 242 g/mol. The van der Waals surface area contributed by atoms with Crippen LogP contribution in [-0.2, 0) is 9.59 Å². The third-order valence-corrected chi connectivity index (χ3v) is 3.08. The lowest BCUT2D eigenvalue weighted by Gasteiger charge is -2.32. The first-order chi connectivity index (χ1) is 8.17. The largest absolute Gasteiger partial charge is 0.396 e. The van der Waals surface area contributed by atoms with E-state index in [9.17, 15) is 9.59 Å². The Bertz CT molecular complexity index is 260. The third-order valence-electron chi connectivity index (χ3n) is 3.08. The van der Waals surface area contributed by atoms with Crippen LogP contribution in [0.3, 0.4) is 0 Å². The SMILES string of the molecule is CCC(=O)NC1CCN(C(=O)CCCO)CC1. The second-order valence-electron chi connectivity index (χ2n) is 4.40. The number of carbonyl (C=O) groups excluding carboxylic acids is 2. The van der Waals surface area contributed by atoms with Gasteiger partial charge in [0, 0.05) is 38.6 Å². The van der Waals surface area contributed by atoms with Crippen molar-refractivity contribution in [2.24, 2.45) is 0 Å². The van der Waals surface area contributed by atoms with E-state index in [0.717, 1.165) is 12.8 Å². The Hall–Kier alpha value is -1.10. The van der Waals surface area contributed by atoms with Crippen LogP contribution in [0.25, 0.3) is 0 Å². The van der Waals surface area contributed by atoms with Crippen LogP contribution >= 0.6 is 0 Å². The fourth-order valence-corrected chi connectivity index (χ4v) is 1.99. The van der Waals surface area contributed by atoms with Gasteiger partial charge in [-0.3, -0.25) is 9.59 Å². The van der Waals surface area contributed by atoms with Gasteiger partial charge in [-0.1, -0.05) is 6.92 Å². The van der Waals surface area contributed by atoms with Gasteiger partial charge in [0.1, 0.15) is 0 Å². The third kappa shape index (κ3) is 4.73. The van der Waals surface area contributed by atoms with Crippen molar-refractivity contribution in [2.45, 2.75) is 45.1 Å². The summed E-state index contributed by atoms with van der Waals surface area (Å²) in [5, 5.41) is 11.6. The van der Waals surface area contributed by atoms with Gasteiger partial charge in [0.15, 0.2) is 0 Å². The lowest BCUT2D eigenvalue weighted by Crippen LogP contribution is -2.46. The van der Waals surface area contributed by atoms with Crippen LogP contribution in [0.4, 0.5) is 0 Å². The lowest BCUT2D eigenvalue weighted by atomic mass is 10.0. The number of piperidine rings is 1. The minimum absolute atomic E-state index is 0.0642. The Morgan fingerprint density at radius 3 is 2.53 bits per heavy atom. The van der Waals surface area contributed by atoms with E-state index in [-0.39, 0.29) is 24.5 Å². The molecule has 98 valence electrons. The number of hydrogen-bond donors (Lipinski definition) is 2. The molecule has 1 rings (SSSR count). The van der Waals surface area contributed by atoms with Gasteiger partial charge in [0.2, 0.25) is 11.8 Å². The molecule has 1 aliphatic rings. The predicted molar refractivity (Wildman–Crippen MR) is 64.4 cm³/mol. The maximum absolute atomic E-state index is 11.7. The molecule has 5 heteroatoms. The molecule has 0 bridgehead atoms. The van der Waals surface area contributed by atoms with Crippen LogP contribution in [0.15, 0.2) is 0 Å². The van der Waals surface area contributed by atoms with E-state index in [1.54, 1.807) is 0 Å². The summed E-state index contributed by atoms with van der Waals surface area (Å²) in [5.74, 6) is 0.189. The van der Waals surface area contributed by atoms with Crippen LogP contribution in [0, 0.1) is 0 Å². The molecule has 0 aliphatic carbocycles. The predicted octanol–water partition coefficient (Wildman–Crippen LogP) is 0.276. The van der Waals surface area contributed by atoms with Gasteiger partial charge in [-0.25, -0.2) is 0 Å². The van der Waals surface area contributed by atoms with Crippen molar-refractivity contribution in [2.75, 3.05) is 19.7 Å². The topological polar surface area (TPSA) is 69.6 Å². The number of rotatable bonds is 5. The van der Waals surface area contributed by atoms with E-state index in [1.165, 1.54) is 0 Å². The Morgan fingerprint density at radius 2 is 2.00 bits per heavy atom. The molecule has 0 radical (unpaired) electrons. The summed E-state index contributed by atoms with van der Waals surface area (Å²) in [7, 11) is 0. The van der Waals surface area contributed by atoms with E-state index in [1.807, 2.05) is 11.8 Å². The molecule has 2 amide bonds. The standard InChI is InChI=1S/C12H22N2O3/c1-2-11(16)13-10-5-7-14(8-6-10)12(17)4-3-9-15/h10,15H,2-9H2,1H3,(H,13,16). The van der Waals surface area contributed by atoms with Gasteiger partial charge in [-0.2, -0.15) is 0 Å². The van der Waals surface area contributed by atoms with Gasteiger partial charge in [0.05, 0.1) is 0 Å². The fraction of sp³-hybridized carbons (Fsp3) is 0.833. The van der Waals surface area contributed by atoms with E-state index in [0.29, 0.717) is 32.4 Å². The molecule has 1 heterocycles. The summed E-state index contributed by atoms with van der Waals surface area (Å²) < 4.78 is 0. The molecular formula is C12H22N2O3. The molecule has 1 saturated heterocycles. The lowest BCUT2D eigenvalue weighted by molar-refractivity contribution is -0.132. The average Bonchev–Trinajstić information content (AvgIpc) is 2.36. The number of likely N-dealkylation sites (tertiary alicyclic amines) is 1. The first-order valence-electron chi connectivity index (χ1n) is 6.35. The summed E-state index contributed by atoms with van der Waals surface area (Å²) in [5.41, 5.74) is 0. The fourth-order valence-electron chi connectivity index (χ4n) is 1.99. The summed E-state index contributed by atoms with van der Waals surface area (Å²) in [4.78, 5) is 24.7. The zero-order chi connectivity index (χ0) is 12.7. The van der Waals surface area contributed by atoms with Crippen molar-refractivity contribution >= 4 is 11.8 Å². The van der Waals surface area contributed by atoms with Crippen LogP contribution in [0.5, 0.6) is 0 Å². The Balaban J connectivity index is 2.25. The quantitative estimate of drug-likeness (QED) is 0.727. The summed E-state index contributed by atoms with van der Waals surface area (Å²) in [6, 6.07) is 0.212. The minimum atomic E-state index is 0.0642. The number of carbonyl (C=O) groups is 2. The number of aliphatic hydroxyl groups is 1. The highest BCUT2D eigenvalue weighted by atomic mass is 16.3. The van der Waals surface area contributed by atoms with Crippen molar-refractivity contribution in [1.82, 2.24) is 10.2 Å². The van der Waals surface area contributed by atoms with E-state index in [2.05, 4.69) is 5.32 Å². The molecule has 0 aromatic rings. The van der Waals surface area contributed by atoms with Crippen LogP contribution < -0.4 is 5.32 Å². The molecule has 0 aromatic carbocycles. The first kappa shape index (κ1) is 14.0. The van der Waals surface area contributed by atoms with Gasteiger partial charge < -0.3 is 15.3 Å². The molecule has 0 unspecified atom stereocenters. The Morgan fingerprint density at radius 1 is 1.35 bits per heavy atom. The normalized spacial score (nSPS) is 16.9.